The van der Waals surface area contributed by atoms with Gasteiger partial charge in [-0.1, -0.05) is 11.1 Å². The summed E-state index contributed by atoms with van der Waals surface area (Å²) in [5.74, 6) is 0.623. The van der Waals surface area contributed by atoms with Gasteiger partial charge in [0.05, 0.1) is 11.0 Å². The zero-order chi connectivity index (χ0) is 19.4. The van der Waals surface area contributed by atoms with Gasteiger partial charge >= 0.3 is 5.95 Å². The molecule has 0 saturated heterocycles. The third kappa shape index (κ3) is 2.68. The van der Waals surface area contributed by atoms with Crippen LogP contribution in [0.25, 0.3) is 0 Å². The Kier molecular flexibility index (Phi) is 3.75. The van der Waals surface area contributed by atoms with Crippen LogP contribution in [0.4, 0.5) is 5.95 Å². The molecule has 1 amide bonds. The van der Waals surface area contributed by atoms with Gasteiger partial charge < -0.3 is 15.4 Å². The number of aromatic nitrogens is 4. The zero-order valence-corrected chi connectivity index (χ0v) is 15.5. The minimum absolute atomic E-state index is 0.0874. The normalized spacial score (nSPS) is 33.0. The maximum Gasteiger partial charge on any atom is 0.490 e. The molecular weight excluding hydrogens is 360 g/mol. The summed E-state index contributed by atoms with van der Waals surface area (Å²) >= 11 is 0. The summed E-state index contributed by atoms with van der Waals surface area (Å²) in [5, 5.41) is 18.3. The Morgan fingerprint density at radius 2 is 2.11 bits per heavy atom. The van der Waals surface area contributed by atoms with Gasteiger partial charge in [0.1, 0.15) is 0 Å². The van der Waals surface area contributed by atoms with E-state index in [0.29, 0.717) is 24.8 Å². The fraction of sp³-hybridized carbons (Fsp3) is 0.579. The molecule has 0 radical (unpaired) electrons. The highest BCUT2D eigenvalue weighted by Gasteiger charge is 2.62. The lowest BCUT2D eigenvalue weighted by Gasteiger charge is -2.60. The lowest BCUT2D eigenvalue weighted by atomic mass is 9.46. The Labute approximate surface area is 161 Å². The molecule has 2 heterocycles. The Bertz CT molecular complexity index is 913. The van der Waals surface area contributed by atoms with Gasteiger partial charge in [-0.15, -0.1) is 0 Å². The second kappa shape index (κ2) is 6.08. The molecule has 4 saturated carbocycles. The molecule has 0 spiro atoms. The van der Waals surface area contributed by atoms with E-state index < -0.39 is 10.3 Å². The van der Waals surface area contributed by atoms with E-state index in [4.69, 9.17) is 0 Å². The maximum atomic E-state index is 13.3. The van der Waals surface area contributed by atoms with Crippen molar-refractivity contribution in [3.63, 3.8) is 0 Å². The number of hydrogen-bond donors (Lipinski definition) is 1. The second-order valence-electron chi connectivity index (χ2n) is 8.76. The van der Waals surface area contributed by atoms with Crippen molar-refractivity contribution in [3.8, 4) is 0 Å². The highest BCUT2D eigenvalue weighted by molar-refractivity contribution is 5.83. The van der Waals surface area contributed by atoms with Gasteiger partial charge in [-0.05, 0) is 66.9 Å². The minimum atomic E-state index is -0.562. The molecule has 4 aliphatic rings. The number of amides is 1. The van der Waals surface area contributed by atoms with Gasteiger partial charge in [0, 0.05) is 24.0 Å². The van der Waals surface area contributed by atoms with Crippen LogP contribution in [0, 0.1) is 27.4 Å². The molecule has 2 aromatic rings. The molecule has 28 heavy (non-hydrogen) atoms. The third-order valence-electron chi connectivity index (χ3n) is 6.82. The first-order valence-corrected chi connectivity index (χ1v) is 9.72. The Balaban J connectivity index is 1.41. The quantitative estimate of drug-likeness (QED) is 0.626. The molecule has 9 nitrogen and oxygen atoms in total. The molecular formula is C19H22N6O3. The lowest BCUT2D eigenvalue weighted by Crippen LogP contribution is -2.61. The number of nitrogens with zero attached hydrogens (tertiary/aromatic N) is 5. The minimum Gasteiger partial charge on any atom is -0.390 e. The number of carbonyl (C=O) groups is 1. The van der Waals surface area contributed by atoms with Crippen LogP contribution in [0.2, 0.25) is 0 Å². The topological polar surface area (TPSA) is 116 Å². The van der Waals surface area contributed by atoms with Crippen LogP contribution < -0.4 is 5.32 Å². The van der Waals surface area contributed by atoms with Gasteiger partial charge in [-0.25, -0.2) is 0 Å². The van der Waals surface area contributed by atoms with E-state index in [9.17, 15) is 14.9 Å². The molecule has 4 aliphatic carbocycles. The predicted octanol–water partition coefficient (Wildman–Crippen LogP) is 2.19. The van der Waals surface area contributed by atoms with Crippen molar-refractivity contribution in [2.24, 2.45) is 17.3 Å². The number of pyridine rings is 1. The number of carbonyl (C=O) groups excluding carboxylic acids is 1. The van der Waals surface area contributed by atoms with E-state index in [0.717, 1.165) is 37.7 Å². The third-order valence-corrected chi connectivity index (χ3v) is 6.82. The maximum absolute atomic E-state index is 13.3. The van der Waals surface area contributed by atoms with Crippen LogP contribution in [-0.4, -0.2) is 30.6 Å². The van der Waals surface area contributed by atoms with Crippen molar-refractivity contribution >= 4 is 11.9 Å². The first kappa shape index (κ1) is 17.3. The molecule has 0 aromatic carbocycles. The summed E-state index contributed by atoms with van der Waals surface area (Å²) in [7, 11) is 0. The second-order valence-corrected chi connectivity index (χ2v) is 8.76. The summed E-state index contributed by atoms with van der Waals surface area (Å²) in [4.78, 5) is 31.7. The Hall–Kier alpha value is -2.84. The molecule has 146 valence electrons. The van der Waals surface area contributed by atoms with Crippen LogP contribution in [0.3, 0.4) is 0 Å². The summed E-state index contributed by atoms with van der Waals surface area (Å²) in [6.07, 6.45) is 10.4. The van der Waals surface area contributed by atoms with Crippen molar-refractivity contribution < 1.29 is 9.72 Å². The van der Waals surface area contributed by atoms with Crippen LogP contribution in [-0.2, 0) is 16.9 Å². The smallest absolute Gasteiger partial charge is 0.390 e. The molecule has 4 bridgehead atoms. The number of rotatable bonds is 5. The van der Waals surface area contributed by atoms with E-state index in [-0.39, 0.29) is 17.4 Å². The highest BCUT2D eigenvalue weighted by atomic mass is 16.6. The molecule has 2 atom stereocenters. The number of nitrogens with one attached hydrogen (secondary N) is 1. The summed E-state index contributed by atoms with van der Waals surface area (Å²) in [6, 6.07) is 3.81. The standard InChI is InChI=1S/C19H22N6O3/c26-16(21-10-13-2-1-3-20-9-13)18-5-14-4-15(6-18)8-19(7-14,11-18)24-12-22-17(23-24)25(27)28/h1-3,9,12,14-15H,4-8,10-11H2,(H,21,26)/t14-,15-,18?,19?/m0/s1. The van der Waals surface area contributed by atoms with Crippen LogP contribution >= 0.6 is 0 Å². The van der Waals surface area contributed by atoms with Crippen molar-refractivity contribution in [1.29, 1.82) is 0 Å². The first-order chi connectivity index (χ1) is 13.5. The Morgan fingerprint density at radius 1 is 1.32 bits per heavy atom. The van der Waals surface area contributed by atoms with Crippen molar-refractivity contribution in [1.82, 2.24) is 25.1 Å². The predicted molar refractivity (Wildman–Crippen MR) is 97.8 cm³/mol. The summed E-state index contributed by atoms with van der Waals surface area (Å²) in [6.45, 7) is 0.464. The fourth-order valence-corrected chi connectivity index (χ4v) is 6.19. The molecule has 2 aromatic heterocycles. The summed E-state index contributed by atoms with van der Waals surface area (Å²) in [5.41, 5.74) is 0.214. The molecule has 0 aliphatic heterocycles. The first-order valence-electron chi connectivity index (χ1n) is 9.72. The average Bonchev–Trinajstić information content (AvgIpc) is 3.17. The number of hydrogen-bond acceptors (Lipinski definition) is 6. The lowest BCUT2D eigenvalue weighted by molar-refractivity contribution is -0.394. The monoisotopic (exact) mass is 382 g/mol. The fourth-order valence-electron chi connectivity index (χ4n) is 6.19. The SMILES string of the molecule is O=C(NCc1cccnc1)C12C[C@@H]3C[C@@H](C1)CC(n1cnc([N+](=O)[O-])n1)(C3)C2. The molecule has 9 heteroatoms. The van der Waals surface area contributed by atoms with Crippen LogP contribution in [0.15, 0.2) is 30.9 Å². The van der Waals surface area contributed by atoms with Crippen LogP contribution in [0.5, 0.6) is 0 Å². The van der Waals surface area contributed by atoms with Gasteiger partial charge in [0.15, 0.2) is 0 Å². The molecule has 1 N–H and O–H groups in total. The van der Waals surface area contributed by atoms with Gasteiger partial charge in [-0.2, -0.15) is 4.68 Å². The molecule has 4 fully saturated rings. The number of nitro groups is 1. The average molecular weight is 382 g/mol. The largest absolute Gasteiger partial charge is 0.490 e. The van der Waals surface area contributed by atoms with Gasteiger partial charge in [0.2, 0.25) is 12.2 Å². The van der Waals surface area contributed by atoms with Crippen molar-refractivity contribution in [2.75, 3.05) is 0 Å². The van der Waals surface area contributed by atoms with Gasteiger partial charge in [-0.3, -0.25) is 9.78 Å². The van der Waals surface area contributed by atoms with E-state index in [1.165, 1.54) is 6.33 Å². The highest BCUT2D eigenvalue weighted by Crippen LogP contribution is 2.64. The Morgan fingerprint density at radius 3 is 2.75 bits per heavy atom. The van der Waals surface area contributed by atoms with Crippen LogP contribution in [0.1, 0.15) is 44.1 Å². The van der Waals surface area contributed by atoms with E-state index in [1.54, 1.807) is 17.1 Å². The summed E-state index contributed by atoms with van der Waals surface area (Å²) < 4.78 is 1.69. The van der Waals surface area contributed by atoms with E-state index in [1.807, 2.05) is 12.1 Å². The molecule has 0 unspecified atom stereocenters. The van der Waals surface area contributed by atoms with Gasteiger partial charge in [0.25, 0.3) is 0 Å². The van der Waals surface area contributed by atoms with Crippen molar-refractivity contribution in [2.45, 2.75) is 50.6 Å². The van der Waals surface area contributed by atoms with E-state index >= 15 is 0 Å². The zero-order valence-electron chi connectivity index (χ0n) is 15.5. The van der Waals surface area contributed by atoms with Crippen molar-refractivity contribution in [3.05, 3.63) is 46.5 Å². The van der Waals surface area contributed by atoms with E-state index in [2.05, 4.69) is 20.4 Å². The molecule has 6 rings (SSSR count).